The highest BCUT2D eigenvalue weighted by molar-refractivity contribution is 6.00. The molecule has 0 spiro atoms. The molecule has 0 bridgehead atoms. The van der Waals surface area contributed by atoms with Gasteiger partial charge in [-0.1, -0.05) is 47.5 Å². The molecule has 2 heterocycles. The molecule has 31 heavy (non-hydrogen) atoms. The van der Waals surface area contributed by atoms with Crippen LogP contribution in [0, 0.1) is 19.8 Å². The molecule has 2 aromatic rings. The first-order valence-electron chi connectivity index (χ1n) is 11.0. The number of hydrogen-bond donors (Lipinski definition) is 1. The lowest BCUT2D eigenvalue weighted by molar-refractivity contribution is -0.127. The summed E-state index contributed by atoms with van der Waals surface area (Å²) in [7, 11) is 0. The molecule has 0 aliphatic carbocycles. The van der Waals surface area contributed by atoms with Gasteiger partial charge in [-0.15, -0.1) is 0 Å². The molecule has 2 aliphatic rings. The largest absolute Gasteiger partial charge is 0.379 e. The number of amides is 2. The van der Waals surface area contributed by atoms with Crippen LogP contribution in [0.1, 0.15) is 29.2 Å². The monoisotopic (exact) mass is 421 g/mol. The maximum Gasteiger partial charge on any atom is 0.227 e. The summed E-state index contributed by atoms with van der Waals surface area (Å²) in [6.07, 6.45) is 0.248. The van der Waals surface area contributed by atoms with Crippen LogP contribution < -0.4 is 10.2 Å². The van der Waals surface area contributed by atoms with Crippen molar-refractivity contribution in [2.75, 3.05) is 44.3 Å². The van der Waals surface area contributed by atoms with Crippen LogP contribution >= 0.6 is 0 Å². The van der Waals surface area contributed by atoms with E-state index >= 15 is 0 Å². The normalized spacial score (nSPS) is 20.6. The zero-order valence-corrected chi connectivity index (χ0v) is 18.3. The van der Waals surface area contributed by atoms with Crippen molar-refractivity contribution in [3.8, 4) is 0 Å². The van der Waals surface area contributed by atoms with Gasteiger partial charge in [0, 0.05) is 38.3 Å². The van der Waals surface area contributed by atoms with Crippen LogP contribution in [0.5, 0.6) is 0 Å². The van der Waals surface area contributed by atoms with Crippen molar-refractivity contribution in [2.24, 2.45) is 5.92 Å². The average molecular weight is 422 g/mol. The van der Waals surface area contributed by atoms with E-state index in [9.17, 15) is 9.59 Å². The van der Waals surface area contributed by atoms with Gasteiger partial charge in [-0.2, -0.15) is 0 Å². The minimum absolute atomic E-state index is 0.00377. The molecule has 2 atom stereocenters. The molecule has 2 aliphatic heterocycles. The smallest absolute Gasteiger partial charge is 0.227 e. The van der Waals surface area contributed by atoms with Crippen LogP contribution in [-0.2, 0) is 14.3 Å². The summed E-state index contributed by atoms with van der Waals surface area (Å²) >= 11 is 0. The van der Waals surface area contributed by atoms with Crippen molar-refractivity contribution in [3.63, 3.8) is 0 Å². The molecule has 2 fully saturated rings. The lowest BCUT2D eigenvalue weighted by Gasteiger charge is -2.31. The number of ether oxygens (including phenoxy) is 1. The molecular weight excluding hydrogens is 390 g/mol. The van der Waals surface area contributed by atoms with E-state index in [1.54, 1.807) is 4.90 Å². The number of benzene rings is 2. The number of nitrogens with one attached hydrogen (secondary N) is 1. The number of rotatable bonds is 6. The van der Waals surface area contributed by atoms with Crippen LogP contribution in [0.3, 0.4) is 0 Å². The van der Waals surface area contributed by atoms with Gasteiger partial charge < -0.3 is 15.0 Å². The molecule has 2 amide bonds. The van der Waals surface area contributed by atoms with Gasteiger partial charge in [-0.05, 0) is 31.5 Å². The Morgan fingerprint density at radius 3 is 2.29 bits per heavy atom. The number of morpholine rings is 1. The average Bonchev–Trinajstić information content (AvgIpc) is 3.17. The molecule has 2 saturated heterocycles. The zero-order valence-electron chi connectivity index (χ0n) is 18.3. The first kappa shape index (κ1) is 21.5. The predicted octanol–water partition coefficient (Wildman–Crippen LogP) is 2.85. The zero-order chi connectivity index (χ0) is 21.8. The van der Waals surface area contributed by atoms with Gasteiger partial charge in [0.05, 0.1) is 25.2 Å². The Morgan fingerprint density at radius 2 is 1.65 bits per heavy atom. The van der Waals surface area contributed by atoms with Gasteiger partial charge in [0.1, 0.15) is 0 Å². The van der Waals surface area contributed by atoms with Gasteiger partial charge in [0.25, 0.3) is 0 Å². The summed E-state index contributed by atoms with van der Waals surface area (Å²) in [4.78, 5) is 29.8. The third-order valence-corrected chi connectivity index (χ3v) is 6.18. The third kappa shape index (κ3) is 5.32. The van der Waals surface area contributed by atoms with Crippen LogP contribution in [0.4, 0.5) is 5.69 Å². The van der Waals surface area contributed by atoms with Crippen molar-refractivity contribution in [2.45, 2.75) is 26.3 Å². The molecule has 6 nitrogen and oxygen atoms in total. The van der Waals surface area contributed by atoms with Gasteiger partial charge >= 0.3 is 0 Å². The summed E-state index contributed by atoms with van der Waals surface area (Å²) < 4.78 is 5.47. The fraction of sp³-hybridized carbons (Fsp3) is 0.440. The molecule has 1 N–H and O–H groups in total. The fourth-order valence-electron chi connectivity index (χ4n) is 4.22. The highest BCUT2D eigenvalue weighted by Crippen LogP contribution is 2.26. The van der Waals surface area contributed by atoms with Gasteiger partial charge in [0.15, 0.2) is 0 Å². The Bertz CT molecular complexity index is 905. The molecule has 4 rings (SSSR count). The van der Waals surface area contributed by atoms with E-state index in [4.69, 9.17) is 4.74 Å². The minimum Gasteiger partial charge on any atom is -0.379 e. The van der Waals surface area contributed by atoms with Crippen LogP contribution in [0.15, 0.2) is 48.5 Å². The molecule has 0 unspecified atom stereocenters. The Kier molecular flexibility index (Phi) is 6.68. The van der Waals surface area contributed by atoms with Crippen molar-refractivity contribution >= 4 is 17.5 Å². The molecule has 0 aromatic heterocycles. The first-order chi connectivity index (χ1) is 15.0. The Hall–Kier alpha value is -2.70. The number of aryl methyl sites for hydroxylation is 2. The summed E-state index contributed by atoms with van der Waals surface area (Å²) in [6, 6.07) is 16.1. The van der Waals surface area contributed by atoms with E-state index in [2.05, 4.69) is 41.4 Å². The molecule has 164 valence electrons. The minimum atomic E-state index is -0.341. The van der Waals surface area contributed by atoms with E-state index in [1.807, 2.05) is 31.2 Å². The molecule has 2 aromatic carbocycles. The number of nitrogens with zero attached hydrogens (tertiary/aromatic N) is 2. The Balaban J connectivity index is 1.45. The Labute approximate surface area is 184 Å². The summed E-state index contributed by atoms with van der Waals surface area (Å²) in [5.41, 5.74) is 4.28. The van der Waals surface area contributed by atoms with Crippen molar-refractivity contribution in [3.05, 3.63) is 65.2 Å². The molecule has 6 heteroatoms. The second kappa shape index (κ2) is 9.62. The second-order valence-corrected chi connectivity index (χ2v) is 8.63. The van der Waals surface area contributed by atoms with Gasteiger partial charge in [-0.3, -0.25) is 14.5 Å². The van der Waals surface area contributed by atoms with Crippen molar-refractivity contribution in [1.82, 2.24) is 10.2 Å². The highest BCUT2D eigenvalue weighted by atomic mass is 16.5. The first-order valence-corrected chi connectivity index (χ1v) is 11.0. The maximum absolute atomic E-state index is 13.2. The summed E-state index contributed by atoms with van der Waals surface area (Å²) in [5.74, 6) is -0.391. The topological polar surface area (TPSA) is 61.9 Å². The van der Waals surface area contributed by atoms with Crippen LogP contribution in [0.25, 0.3) is 0 Å². The van der Waals surface area contributed by atoms with Crippen LogP contribution in [-0.4, -0.2) is 56.1 Å². The standard InChI is InChI=1S/C25H31N3O3/c1-18-3-7-20(8-4-18)23(17-27-11-13-31-14-12-27)26-25(30)21-15-24(29)28(16-21)22-9-5-19(2)6-10-22/h3-10,21,23H,11-17H2,1-2H3,(H,26,30)/t21-,23-/m1/s1. The molecule has 0 saturated carbocycles. The van der Waals surface area contributed by atoms with Gasteiger partial charge in [-0.25, -0.2) is 0 Å². The highest BCUT2D eigenvalue weighted by Gasteiger charge is 2.36. The lowest BCUT2D eigenvalue weighted by atomic mass is 10.0. The van der Waals surface area contributed by atoms with E-state index < -0.39 is 0 Å². The number of anilines is 1. The lowest BCUT2D eigenvalue weighted by Crippen LogP contribution is -2.44. The number of carbonyl (C=O) groups excluding carboxylic acids is 2. The quantitative estimate of drug-likeness (QED) is 0.779. The van der Waals surface area contributed by atoms with Crippen molar-refractivity contribution in [1.29, 1.82) is 0 Å². The second-order valence-electron chi connectivity index (χ2n) is 8.63. The van der Waals surface area contributed by atoms with Crippen molar-refractivity contribution < 1.29 is 14.3 Å². The maximum atomic E-state index is 13.2. The van der Waals surface area contributed by atoms with Crippen LogP contribution in [0.2, 0.25) is 0 Å². The van der Waals surface area contributed by atoms with Gasteiger partial charge in [0.2, 0.25) is 11.8 Å². The SMILES string of the molecule is Cc1ccc([C@@H](CN2CCOCC2)NC(=O)[C@@H]2CC(=O)N(c3ccc(C)cc3)C2)cc1. The predicted molar refractivity (Wildman–Crippen MR) is 121 cm³/mol. The van der Waals surface area contributed by atoms with E-state index in [1.165, 1.54) is 5.56 Å². The Morgan fingerprint density at radius 1 is 1.03 bits per heavy atom. The molecular formula is C25H31N3O3. The van der Waals surface area contributed by atoms with E-state index in [0.29, 0.717) is 6.54 Å². The summed E-state index contributed by atoms with van der Waals surface area (Å²) in [6.45, 7) is 8.40. The third-order valence-electron chi connectivity index (χ3n) is 6.18. The van der Waals surface area contributed by atoms with E-state index in [-0.39, 0.29) is 30.2 Å². The van der Waals surface area contributed by atoms with E-state index in [0.717, 1.165) is 49.7 Å². The number of carbonyl (C=O) groups is 2. The molecule has 0 radical (unpaired) electrons. The summed E-state index contributed by atoms with van der Waals surface area (Å²) in [5, 5.41) is 3.24. The fourth-order valence-corrected chi connectivity index (χ4v) is 4.22. The number of hydrogen-bond acceptors (Lipinski definition) is 4.